The first kappa shape index (κ1) is 23.5. The molecule has 0 radical (unpaired) electrons. The van der Waals surface area contributed by atoms with Crippen molar-refractivity contribution in [3.8, 4) is 5.75 Å². The Bertz CT molecular complexity index is 1440. The maximum atomic E-state index is 12.8. The molecule has 0 amide bonds. The zero-order chi connectivity index (χ0) is 23.4. The number of nitrogens with one attached hydrogen (secondary N) is 1. The van der Waals surface area contributed by atoms with Crippen molar-refractivity contribution in [1.29, 1.82) is 0 Å². The summed E-state index contributed by atoms with van der Waals surface area (Å²) in [5.74, 6) is 0.794. The van der Waals surface area contributed by atoms with E-state index in [-0.39, 0.29) is 9.77 Å². The summed E-state index contributed by atoms with van der Waals surface area (Å²) in [4.78, 5) is 12.6. The molecule has 0 aliphatic heterocycles. The fourth-order valence-corrected chi connectivity index (χ4v) is 5.94. The van der Waals surface area contributed by atoms with Crippen molar-refractivity contribution in [3.63, 3.8) is 0 Å². The highest BCUT2D eigenvalue weighted by Crippen LogP contribution is 2.24. The van der Waals surface area contributed by atoms with Gasteiger partial charge in [-0.1, -0.05) is 59.3 Å². The zero-order valence-electron chi connectivity index (χ0n) is 18.0. The molecule has 0 unspecified atom stereocenters. The van der Waals surface area contributed by atoms with E-state index in [0.29, 0.717) is 41.2 Å². The van der Waals surface area contributed by atoms with Crippen molar-refractivity contribution < 1.29 is 13.2 Å². The van der Waals surface area contributed by atoms with Crippen molar-refractivity contribution in [1.82, 2.24) is 9.29 Å². The number of hydrogen-bond acceptors (Lipinski definition) is 5. The number of rotatable bonds is 9. The molecule has 0 bridgehead atoms. The van der Waals surface area contributed by atoms with Crippen LogP contribution in [0.1, 0.15) is 17.5 Å². The van der Waals surface area contributed by atoms with Crippen LogP contribution in [0.3, 0.4) is 0 Å². The van der Waals surface area contributed by atoms with Crippen molar-refractivity contribution in [2.45, 2.75) is 24.3 Å². The average molecular weight is 503 g/mol. The van der Waals surface area contributed by atoms with E-state index in [2.05, 4.69) is 4.72 Å². The number of methoxy groups -OCH3 is 1. The lowest BCUT2D eigenvalue weighted by Gasteiger charge is -2.10. The second-order valence-electron chi connectivity index (χ2n) is 7.49. The molecule has 172 valence electrons. The van der Waals surface area contributed by atoms with Crippen molar-refractivity contribution in [3.05, 3.63) is 92.5 Å². The van der Waals surface area contributed by atoms with Gasteiger partial charge in [-0.25, -0.2) is 13.1 Å². The molecule has 0 atom stereocenters. The third-order valence-corrected chi connectivity index (χ3v) is 8.11. The number of ether oxygens (including phenoxy) is 1. The van der Waals surface area contributed by atoms with Crippen LogP contribution in [0.5, 0.6) is 5.75 Å². The van der Waals surface area contributed by atoms with Crippen LogP contribution in [0.25, 0.3) is 10.2 Å². The predicted molar refractivity (Wildman–Crippen MR) is 133 cm³/mol. The minimum atomic E-state index is -3.70. The van der Waals surface area contributed by atoms with Gasteiger partial charge in [0.15, 0.2) is 0 Å². The molecule has 6 nitrogen and oxygen atoms in total. The Balaban J connectivity index is 1.47. The SMILES string of the molecule is COc1ccccc1CCCNS(=O)(=O)c1ccc2c(c1)sc(=O)n2Cc1ccccc1Cl. The number of sulfonamides is 1. The fourth-order valence-electron chi connectivity index (χ4n) is 3.64. The van der Waals surface area contributed by atoms with Gasteiger partial charge in [0, 0.05) is 11.6 Å². The van der Waals surface area contributed by atoms with Gasteiger partial charge in [-0.2, -0.15) is 0 Å². The van der Waals surface area contributed by atoms with Crippen molar-refractivity contribution >= 4 is 43.2 Å². The minimum Gasteiger partial charge on any atom is -0.496 e. The van der Waals surface area contributed by atoms with Crippen LogP contribution in [-0.4, -0.2) is 26.6 Å². The molecule has 4 aromatic rings. The molecule has 0 aliphatic carbocycles. The van der Waals surface area contributed by atoms with E-state index >= 15 is 0 Å². The van der Waals surface area contributed by atoms with E-state index < -0.39 is 10.0 Å². The van der Waals surface area contributed by atoms with Crippen LogP contribution in [0.2, 0.25) is 5.02 Å². The summed E-state index contributed by atoms with van der Waals surface area (Å²) in [6.45, 7) is 0.619. The molecule has 3 aromatic carbocycles. The molecule has 0 aliphatic rings. The topological polar surface area (TPSA) is 77.4 Å². The number of halogens is 1. The van der Waals surface area contributed by atoms with Gasteiger partial charge < -0.3 is 4.74 Å². The van der Waals surface area contributed by atoms with E-state index in [1.807, 2.05) is 42.5 Å². The molecular formula is C24H23ClN2O4S2. The molecule has 33 heavy (non-hydrogen) atoms. The van der Waals surface area contributed by atoms with Gasteiger partial charge >= 0.3 is 4.87 Å². The maximum absolute atomic E-state index is 12.8. The largest absolute Gasteiger partial charge is 0.496 e. The van der Waals surface area contributed by atoms with Gasteiger partial charge in [0.1, 0.15) is 5.75 Å². The molecule has 0 saturated heterocycles. The van der Waals surface area contributed by atoms with Crippen LogP contribution in [0.4, 0.5) is 0 Å². The smallest absolute Gasteiger partial charge is 0.308 e. The number of aryl methyl sites for hydroxylation is 1. The lowest BCUT2D eigenvalue weighted by molar-refractivity contribution is 0.409. The Morgan fingerprint density at radius 3 is 2.52 bits per heavy atom. The number of nitrogens with zero attached hydrogens (tertiary/aromatic N) is 1. The first-order valence-corrected chi connectivity index (χ1v) is 13.0. The Morgan fingerprint density at radius 2 is 1.76 bits per heavy atom. The van der Waals surface area contributed by atoms with Gasteiger partial charge in [-0.3, -0.25) is 9.36 Å². The Labute approximate surface area is 201 Å². The molecule has 4 rings (SSSR count). The highest BCUT2D eigenvalue weighted by molar-refractivity contribution is 7.89. The zero-order valence-corrected chi connectivity index (χ0v) is 20.3. The van der Waals surface area contributed by atoms with Gasteiger partial charge in [0.05, 0.1) is 28.8 Å². The summed E-state index contributed by atoms with van der Waals surface area (Å²) in [6, 6.07) is 19.8. The second-order valence-corrected chi connectivity index (χ2v) is 10.7. The lowest BCUT2D eigenvalue weighted by atomic mass is 10.1. The molecule has 0 fully saturated rings. The van der Waals surface area contributed by atoms with E-state index in [9.17, 15) is 13.2 Å². The lowest BCUT2D eigenvalue weighted by Crippen LogP contribution is -2.25. The highest BCUT2D eigenvalue weighted by Gasteiger charge is 2.17. The number of aromatic nitrogens is 1. The number of hydrogen-bond donors (Lipinski definition) is 1. The Hall–Kier alpha value is -2.65. The summed E-state index contributed by atoms with van der Waals surface area (Å²) < 4.78 is 35.8. The number of thiazole rings is 1. The second kappa shape index (κ2) is 10.1. The van der Waals surface area contributed by atoms with Crippen LogP contribution >= 0.6 is 22.9 Å². The van der Waals surface area contributed by atoms with Crippen LogP contribution in [-0.2, 0) is 23.0 Å². The summed E-state index contributed by atoms with van der Waals surface area (Å²) in [5, 5.41) is 0.584. The molecule has 1 heterocycles. The predicted octanol–water partition coefficient (Wildman–Crippen LogP) is 4.68. The van der Waals surface area contributed by atoms with Crippen molar-refractivity contribution in [2.75, 3.05) is 13.7 Å². The summed E-state index contributed by atoms with van der Waals surface area (Å²) in [5.41, 5.74) is 2.54. The molecule has 1 N–H and O–H groups in total. The normalized spacial score (nSPS) is 11.7. The van der Waals surface area contributed by atoms with Crippen molar-refractivity contribution in [2.24, 2.45) is 0 Å². The van der Waals surface area contributed by atoms with Crippen LogP contribution < -0.4 is 14.3 Å². The summed E-state index contributed by atoms with van der Waals surface area (Å²) >= 11 is 7.26. The maximum Gasteiger partial charge on any atom is 0.308 e. The third-order valence-electron chi connectivity index (χ3n) is 5.34. The number of para-hydroxylation sites is 1. The summed E-state index contributed by atoms with van der Waals surface area (Å²) in [6.07, 6.45) is 1.32. The standard InChI is InChI=1S/C24H23ClN2O4S2/c1-31-22-11-5-3-7-17(22)9-6-14-26-33(29,30)19-12-13-21-23(15-19)32-24(28)27(21)16-18-8-2-4-10-20(18)25/h2-5,7-8,10-13,15,26H,6,9,14,16H2,1H3. The average Bonchev–Trinajstić information content (AvgIpc) is 3.12. The molecule has 9 heteroatoms. The quantitative estimate of drug-likeness (QED) is 0.337. The van der Waals surface area contributed by atoms with Gasteiger partial charge in [0.2, 0.25) is 10.0 Å². The number of fused-ring (bicyclic) bond motifs is 1. The van der Waals surface area contributed by atoms with Gasteiger partial charge in [-0.15, -0.1) is 0 Å². The van der Waals surface area contributed by atoms with Gasteiger partial charge in [-0.05, 0) is 54.3 Å². The Morgan fingerprint density at radius 1 is 1.03 bits per heavy atom. The Kier molecular flexibility index (Phi) is 7.19. The first-order valence-electron chi connectivity index (χ1n) is 10.4. The molecular weight excluding hydrogens is 480 g/mol. The van der Waals surface area contributed by atoms with E-state index in [1.165, 1.54) is 6.07 Å². The molecule has 0 saturated carbocycles. The van der Waals surface area contributed by atoms with Crippen LogP contribution in [0, 0.1) is 0 Å². The fraction of sp³-hybridized carbons (Fsp3) is 0.208. The third kappa shape index (κ3) is 5.30. The first-order chi connectivity index (χ1) is 15.9. The van der Waals surface area contributed by atoms with E-state index in [4.69, 9.17) is 16.3 Å². The number of benzene rings is 3. The molecule has 1 aromatic heterocycles. The minimum absolute atomic E-state index is 0.137. The monoisotopic (exact) mass is 502 g/mol. The van der Waals surface area contributed by atoms with E-state index in [1.54, 1.807) is 29.9 Å². The van der Waals surface area contributed by atoms with Gasteiger partial charge in [0.25, 0.3) is 0 Å². The molecule has 0 spiro atoms. The van der Waals surface area contributed by atoms with E-state index in [0.717, 1.165) is 28.2 Å². The summed E-state index contributed by atoms with van der Waals surface area (Å²) in [7, 11) is -2.08. The highest BCUT2D eigenvalue weighted by atomic mass is 35.5. The van der Waals surface area contributed by atoms with Crippen LogP contribution in [0.15, 0.2) is 76.4 Å².